The number of aryl methyl sites for hydroxylation is 1. The fraction of sp³-hybridized carbons (Fsp3) is 0.462. The number of carbonyl (C=O) groups is 2. The van der Waals surface area contributed by atoms with E-state index in [9.17, 15) is 9.59 Å². The van der Waals surface area contributed by atoms with E-state index in [1.165, 1.54) is 0 Å². The lowest BCUT2D eigenvalue weighted by molar-refractivity contribution is -0.137. The summed E-state index contributed by atoms with van der Waals surface area (Å²) in [6, 6.07) is 3.65. The first-order valence-corrected chi connectivity index (χ1v) is 5.98. The Labute approximate surface area is 106 Å². The van der Waals surface area contributed by atoms with Gasteiger partial charge in [0.05, 0.1) is 0 Å². The molecule has 18 heavy (non-hydrogen) atoms. The molecule has 2 N–H and O–H groups in total. The number of hydrogen-bond donors (Lipinski definition) is 2. The van der Waals surface area contributed by atoms with Gasteiger partial charge >= 0.3 is 5.97 Å². The zero-order valence-corrected chi connectivity index (χ0v) is 10.4. The quantitative estimate of drug-likeness (QED) is 0.766. The van der Waals surface area contributed by atoms with Crippen molar-refractivity contribution < 1.29 is 14.7 Å². The van der Waals surface area contributed by atoms with Crippen LogP contribution in [0.15, 0.2) is 24.5 Å². The van der Waals surface area contributed by atoms with Crippen LogP contribution in [0.1, 0.15) is 31.7 Å². The molecule has 1 atom stereocenters. The summed E-state index contributed by atoms with van der Waals surface area (Å²) in [7, 11) is 0. The Bertz CT molecular complexity index is 392. The Morgan fingerprint density at radius 3 is 2.83 bits per heavy atom. The molecule has 0 aliphatic heterocycles. The van der Waals surface area contributed by atoms with Gasteiger partial charge in [-0.15, -0.1) is 0 Å². The van der Waals surface area contributed by atoms with Crippen LogP contribution in [0.2, 0.25) is 0 Å². The van der Waals surface area contributed by atoms with Gasteiger partial charge in [0.25, 0.3) is 0 Å². The first kappa shape index (κ1) is 14.2. The fourth-order valence-electron chi connectivity index (χ4n) is 1.56. The average Bonchev–Trinajstić information content (AvgIpc) is 2.35. The lowest BCUT2D eigenvalue weighted by Gasteiger charge is -2.12. The van der Waals surface area contributed by atoms with E-state index in [0.29, 0.717) is 19.3 Å². The predicted molar refractivity (Wildman–Crippen MR) is 67.0 cm³/mol. The van der Waals surface area contributed by atoms with E-state index < -0.39 is 5.97 Å². The van der Waals surface area contributed by atoms with Crippen LogP contribution >= 0.6 is 0 Å². The van der Waals surface area contributed by atoms with Gasteiger partial charge in [0, 0.05) is 31.3 Å². The molecule has 0 aliphatic carbocycles. The largest absolute Gasteiger partial charge is 0.481 e. The van der Waals surface area contributed by atoms with Gasteiger partial charge in [0.2, 0.25) is 5.91 Å². The fourth-order valence-corrected chi connectivity index (χ4v) is 1.56. The monoisotopic (exact) mass is 250 g/mol. The molecule has 1 aromatic heterocycles. The first-order valence-electron chi connectivity index (χ1n) is 5.98. The summed E-state index contributed by atoms with van der Waals surface area (Å²) < 4.78 is 0. The molecular formula is C13H18N2O3. The summed E-state index contributed by atoms with van der Waals surface area (Å²) in [4.78, 5) is 25.9. The van der Waals surface area contributed by atoms with E-state index in [1.54, 1.807) is 12.4 Å². The number of aliphatic carboxylic acids is 1. The molecular weight excluding hydrogens is 232 g/mol. The van der Waals surface area contributed by atoms with Gasteiger partial charge in [-0.25, -0.2) is 0 Å². The molecule has 0 saturated heterocycles. The summed E-state index contributed by atoms with van der Waals surface area (Å²) in [6.07, 6.45) is 4.99. The molecule has 1 heterocycles. The van der Waals surface area contributed by atoms with Gasteiger partial charge in [-0.3, -0.25) is 14.6 Å². The smallest absolute Gasteiger partial charge is 0.303 e. The highest BCUT2D eigenvalue weighted by Crippen LogP contribution is 2.02. The highest BCUT2D eigenvalue weighted by atomic mass is 16.4. The second-order valence-corrected chi connectivity index (χ2v) is 4.26. The molecule has 0 radical (unpaired) electrons. The number of amides is 1. The summed E-state index contributed by atoms with van der Waals surface area (Å²) in [5.41, 5.74) is 1.02. The number of carbonyl (C=O) groups excluding carboxylic acids is 1. The third kappa shape index (κ3) is 5.98. The van der Waals surface area contributed by atoms with Crippen LogP contribution < -0.4 is 5.32 Å². The van der Waals surface area contributed by atoms with Crippen molar-refractivity contribution in [3.8, 4) is 0 Å². The van der Waals surface area contributed by atoms with Gasteiger partial charge < -0.3 is 10.4 Å². The number of carboxylic acid groups (broad SMARTS) is 1. The third-order valence-corrected chi connectivity index (χ3v) is 2.56. The van der Waals surface area contributed by atoms with E-state index in [2.05, 4.69) is 10.3 Å². The number of carboxylic acids is 1. The Morgan fingerprint density at radius 2 is 2.22 bits per heavy atom. The lowest BCUT2D eigenvalue weighted by Crippen LogP contribution is -2.33. The van der Waals surface area contributed by atoms with Crippen LogP contribution in [-0.2, 0) is 16.0 Å². The van der Waals surface area contributed by atoms with E-state index in [4.69, 9.17) is 5.11 Å². The van der Waals surface area contributed by atoms with E-state index in [-0.39, 0.29) is 18.4 Å². The van der Waals surface area contributed by atoms with Crippen molar-refractivity contribution in [1.82, 2.24) is 10.3 Å². The van der Waals surface area contributed by atoms with Gasteiger partial charge in [-0.2, -0.15) is 0 Å². The van der Waals surface area contributed by atoms with Gasteiger partial charge in [-0.05, 0) is 31.4 Å². The maximum absolute atomic E-state index is 11.6. The van der Waals surface area contributed by atoms with Crippen LogP contribution in [0.5, 0.6) is 0 Å². The van der Waals surface area contributed by atoms with E-state index >= 15 is 0 Å². The summed E-state index contributed by atoms with van der Waals surface area (Å²) in [6.45, 7) is 1.81. The second kappa shape index (κ2) is 7.42. The van der Waals surface area contributed by atoms with Gasteiger partial charge in [0.15, 0.2) is 0 Å². The lowest BCUT2D eigenvalue weighted by atomic mass is 10.1. The molecule has 0 spiro atoms. The number of rotatable bonds is 7. The molecule has 0 aromatic carbocycles. The predicted octanol–water partition coefficient (Wildman–Crippen LogP) is 1.38. The third-order valence-electron chi connectivity index (χ3n) is 2.56. The second-order valence-electron chi connectivity index (χ2n) is 4.26. The Morgan fingerprint density at radius 1 is 1.44 bits per heavy atom. The molecule has 5 nitrogen and oxygen atoms in total. The van der Waals surface area contributed by atoms with Crippen molar-refractivity contribution in [2.24, 2.45) is 0 Å². The van der Waals surface area contributed by atoms with Crippen LogP contribution in [0, 0.1) is 0 Å². The molecule has 1 rings (SSSR count). The Balaban J connectivity index is 2.23. The van der Waals surface area contributed by atoms with Crippen molar-refractivity contribution in [3.05, 3.63) is 30.1 Å². The maximum Gasteiger partial charge on any atom is 0.303 e. The SMILES string of the molecule is CC(CCC(=O)O)NC(=O)CCc1cccnc1. The highest BCUT2D eigenvalue weighted by Gasteiger charge is 2.09. The maximum atomic E-state index is 11.6. The van der Waals surface area contributed by atoms with Gasteiger partial charge in [-0.1, -0.05) is 6.07 Å². The highest BCUT2D eigenvalue weighted by molar-refractivity contribution is 5.76. The standard InChI is InChI=1S/C13H18N2O3/c1-10(4-7-13(17)18)15-12(16)6-5-11-3-2-8-14-9-11/h2-3,8-10H,4-7H2,1H3,(H,15,16)(H,17,18). The summed E-state index contributed by atoms with van der Waals surface area (Å²) in [5.74, 6) is -0.900. The summed E-state index contributed by atoms with van der Waals surface area (Å²) in [5, 5.41) is 11.3. The van der Waals surface area contributed by atoms with Gasteiger partial charge in [0.1, 0.15) is 0 Å². The first-order chi connectivity index (χ1) is 8.58. The molecule has 5 heteroatoms. The van der Waals surface area contributed by atoms with Crippen molar-refractivity contribution in [2.75, 3.05) is 0 Å². The number of nitrogens with zero attached hydrogens (tertiary/aromatic N) is 1. The molecule has 0 saturated carbocycles. The Hall–Kier alpha value is -1.91. The minimum absolute atomic E-state index is 0.0586. The van der Waals surface area contributed by atoms with Crippen LogP contribution in [0.3, 0.4) is 0 Å². The topological polar surface area (TPSA) is 79.3 Å². The molecule has 0 fully saturated rings. The average molecular weight is 250 g/mol. The Kier molecular flexibility index (Phi) is 5.84. The zero-order valence-electron chi connectivity index (χ0n) is 10.4. The number of pyridine rings is 1. The van der Waals surface area contributed by atoms with Crippen molar-refractivity contribution in [1.29, 1.82) is 0 Å². The molecule has 0 aliphatic rings. The number of hydrogen-bond acceptors (Lipinski definition) is 3. The molecule has 98 valence electrons. The van der Waals surface area contributed by atoms with Crippen LogP contribution in [0.4, 0.5) is 0 Å². The molecule has 0 bridgehead atoms. The number of aromatic nitrogens is 1. The zero-order chi connectivity index (χ0) is 13.4. The van der Waals surface area contributed by atoms with Crippen LogP contribution in [0.25, 0.3) is 0 Å². The molecule has 1 unspecified atom stereocenters. The minimum atomic E-state index is -0.841. The van der Waals surface area contributed by atoms with E-state index in [0.717, 1.165) is 5.56 Å². The molecule has 1 amide bonds. The summed E-state index contributed by atoms with van der Waals surface area (Å²) >= 11 is 0. The van der Waals surface area contributed by atoms with Crippen molar-refractivity contribution >= 4 is 11.9 Å². The number of nitrogens with one attached hydrogen (secondary N) is 1. The normalized spacial score (nSPS) is 11.8. The van der Waals surface area contributed by atoms with Crippen LogP contribution in [-0.4, -0.2) is 28.0 Å². The van der Waals surface area contributed by atoms with Crippen molar-refractivity contribution in [3.63, 3.8) is 0 Å². The van der Waals surface area contributed by atoms with E-state index in [1.807, 2.05) is 19.1 Å². The van der Waals surface area contributed by atoms with Crippen molar-refractivity contribution in [2.45, 2.75) is 38.6 Å². The molecule has 1 aromatic rings. The minimum Gasteiger partial charge on any atom is -0.481 e.